The minimum absolute atomic E-state index is 0.0463. The lowest BCUT2D eigenvalue weighted by Gasteiger charge is -2.17. The molecule has 0 saturated carbocycles. The summed E-state index contributed by atoms with van der Waals surface area (Å²) in [7, 11) is 3.00. The molecule has 0 spiro atoms. The van der Waals surface area contributed by atoms with Gasteiger partial charge in [0.25, 0.3) is 17.7 Å². The number of para-hydroxylation sites is 1. The highest BCUT2D eigenvalue weighted by Gasteiger charge is 2.35. The van der Waals surface area contributed by atoms with Crippen LogP contribution in [0.25, 0.3) is 0 Å². The minimum atomic E-state index is -0.995. The molecule has 36 heavy (non-hydrogen) atoms. The summed E-state index contributed by atoms with van der Waals surface area (Å²) in [6.07, 6.45) is -0.995. The predicted octanol–water partition coefficient (Wildman–Crippen LogP) is 2.67. The van der Waals surface area contributed by atoms with E-state index in [1.54, 1.807) is 66.7 Å². The second-order valence-electron chi connectivity index (χ2n) is 8.11. The molecule has 0 bridgehead atoms. The third-order valence-electron chi connectivity index (χ3n) is 5.71. The molecule has 9 heteroatoms. The van der Waals surface area contributed by atoms with Crippen LogP contribution in [0.4, 0.5) is 0 Å². The normalized spacial score (nSPS) is 13.2. The van der Waals surface area contributed by atoms with Gasteiger partial charge in [0.1, 0.15) is 12.7 Å². The first-order chi connectivity index (χ1) is 17.4. The molecule has 0 aliphatic carbocycles. The third-order valence-corrected chi connectivity index (χ3v) is 5.71. The molecule has 3 amide bonds. The number of ether oxygens (including phenoxy) is 3. The molecule has 9 nitrogen and oxygen atoms in total. The van der Waals surface area contributed by atoms with Crippen LogP contribution in [0.2, 0.25) is 0 Å². The Morgan fingerprint density at radius 2 is 1.53 bits per heavy atom. The topological polar surface area (TPSA) is 114 Å². The number of fused-ring (bicyclic) bond motifs is 1. The summed E-state index contributed by atoms with van der Waals surface area (Å²) in [6, 6.07) is 18.5. The molecule has 0 saturated heterocycles. The number of methoxy groups -OCH3 is 2. The molecule has 1 atom stereocenters. The zero-order valence-corrected chi connectivity index (χ0v) is 19.9. The molecular weight excluding hydrogens is 464 g/mol. The summed E-state index contributed by atoms with van der Waals surface area (Å²) in [4.78, 5) is 39.1. The van der Waals surface area contributed by atoms with Gasteiger partial charge in [0.2, 0.25) is 5.75 Å². The summed E-state index contributed by atoms with van der Waals surface area (Å²) in [5, 5.41) is 13.0. The molecule has 2 N–H and O–H groups in total. The van der Waals surface area contributed by atoms with Crippen LogP contribution in [0, 0.1) is 0 Å². The largest absolute Gasteiger partial charge is 0.493 e. The van der Waals surface area contributed by atoms with Crippen LogP contribution >= 0.6 is 0 Å². The fraction of sp³-hybridized carbons (Fsp3) is 0.222. The van der Waals surface area contributed by atoms with Gasteiger partial charge in [0.15, 0.2) is 11.5 Å². The standard InChI is InChI=1S/C27H26N2O7/c1-34-22-11-6-12-23(35-2)24(22)36-16-19(30)14-28-25(31)18-8-5-7-17(13-18)15-29-26(32)20-9-3-4-10-21(20)27(29)33/h3-13,19,30H,14-16H2,1-2H3,(H,28,31). The number of aliphatic hydroxyl groups excluding tert-OH is 1. The first kappa shape index (κ1) is 24.7. The van der Waals surface area contributed by atoms with Crippen LogP contribution in [0.1, 0.15) is 36.6 Å². The molecule has 1 heterocycles. The number of carbonyl (C=O) groups is 3. The van der Waals surface area contributed by atoms with E-state index >= 15 is 0 Å². The summed E-state index contributed by atoms with van der Waals surface area (Å²) in [5.41, 5.74) is 1.71. The lowest BCUT2D eigenvalue weighted by molar-refractivity contribution is 0.0642. The molecule has 0 aromatic heterocycles. The number of hydrogen-bond acceptors (Lipinski definition) is 7. The van der Waals surface area contributed by atoms with Gasteiger partial charge >= 0.3 is 0 Å². The number of imide groups is 1. The van der Waals surface area contributed by atoms with Crippen LogP contribution in [0.15, 0.2) is 66.7 Å². The number of rotatable bonds is 10. The van der Waals surface area contributed by atoms with Crippen molar-refractivity contribution in [2.75, 3.05) is 27.4 Å². The van der Waals surface area contributed by atoms with Gasteiger partial charge in [-0.1, -0.05) is 30.3 Å². The average molecular weight is 491 g/mol. The van der Waals surface area contributed by atoms with Gasteiger partial charge in [-0.2, -0.15) is 0 Å². The van der Waals surface area contributed by atoms with Crippen molar-refractivity contribution in [2.45, 2.75) is 12.6 Å². The van der Waals surface area contributed by atoms with E-state index in [4.69, 9.17) is 14.2 Å². The molecule has 1 unspecified atom stereocenters. The number of nitrogens with one attached hydrogen (secondary N) is 1. The Bertz CT molecular complexity index is 1230. The van der Waals surface area contributed by atoms with Crippen molar-refractivity contribution >= 4 is 17.7 Å². The Kier molecular flexibility index (Phi) is 7.50. The van der Waals surface area contributed by atoms with E-state index in [1.807, 2.05) is 0 Å². The number of amides is 3. The molecular formula is C27H26N2O7. The van der Waals surface area contributed by atoms with Crippen molar-refractivity contribution in [3.63, 3.8) is 0 Å². The fourth-order valence-electron chi connectivity index (χ4n) is 3.89. The van der Waals surface area contributed by atoms with Gasteiger partial charge in [-0.25, -0.2) is 0 Å². The number of carbonyl (C=O) groups excluding carboxylic acids is 3. The Balaban J connectivity index is 1.33. The zero-order chi connectivity index (χ0) is 25.7. The second kappa shape index (κ2) is 10.9. The van der Waals surface area contributed by atoms with E-state index in [0.29, 0.717) is 39.5 Å². The summed E-state index contributed by atoms with van der Waals surface area (Å²) < 4.78 is 16.2. The van der Waals surface area contributed by atoms with E-state index in [9.17, 15) is 19.5 Å². The third kappa shape index (κ3) is 5.16. The first-order valence-corrected chi connectivity index (χ1v) is 11.3. The van der Waals surface area contributed by atoms with Gasteiger partial charge in [0.05, 0.1) is 31.9 Å². The van der Waals surface area contributed by atoms with Gasteiger partial charge < -0.3 is 24.6 Å². The quantitative estimate of drug-likeness (QED) is 0.420. The van der Waals surface area contributed by atoms with Crippen molar-refractivity contribution < 1.29 is 33.7 Å². The molecule has 0 fully saturated rings. The first-order valence-electron chi connectivity index (χ1n) is 11.3. The molecule has 3 aromatic rings. The monoisotopic (exact) mass is 490 g/mol. The lowest BCUT2D eigenvalue weighted by atomic mass is 10.1. The Labute approximate surface area is 208 Å². The van der Waals surface area contributed by atoms with Gasteiger partial charge in [-0.3, -0.25) is 19.3 Å². The molecule has 186 valence electrons. The van der Waals surface area contributed by atoms with Crippen LogP contribution in [0.3, 0.4) is 0 Å². The van der Waals surface area contributed by atoms with Gasteiger partial charge in [-0.05, 0) is 42.0 Å². The average Bonchev–Trinajstić information content (AvgIpc) is 3.15. The highest BCUT2D eigenvalue weighted by molar-refractivity contribution is 6.21. The van der Waals surface area contributed by atoms with Gasteiger partial charge in [0, 0.05) is 12.1 Å². The van der Waals surface area contributed by atoms with Crippen molar-refractivity contribution in [3.05, 3.63) is 89.0 Å². The maximum atomic E-state index is 12.7. The number of aliphatic hydroxyl groups is 1. The van der Waals surface area contributed by atoms with E-state index in [1.165, 1.54) is 14.2 Å². The van der Waals surface area contributed by atoms with Crippen LogP contribution in [-0.2, 0) is 6.54 Å². The van der Waals surface area contributed by atoms with E-state index in [2.05, 4.69) is 5.32 Å². The van der Waals surface area contributed by atoms with Crippen molar-refractivity contribution in [2.24, 2.45) is 0 Å². The van der Waals surface area contributed by atoms with Crippen molar-refractivity contribution in [3.8, 4) is 17.2 Å². The maximum Gasteiger partial charge on any atom is 0.261 e. The van der Waals surface area contributed by atoms with E-state index in [0.717, 1.165) is 4.90 Å². The Hall–Kier alpha value is -4.37. The molecule has 1 aliphatic heterocycles. The number of nitrogens with zero attached hydrogens (tertiary/aromatic N) is 1. The molecule has 1 aliphatic rings. The highest BCUT2D eigenvalue weighted by Crippen LogP contribution is 2.36. The minimum Gasteiger partial charge on any atom is -0.493 e. The van der Waals surface area contributed by atoms with Crippen molar-refractivity contribution in [1.29, 1.82) is 0 Å². The fourth-order valence-corrected chi connectivity index (χ4v) is 3.89. The zero-order valence-electron chi connectivity index (χ0n) is 19.9. The van der Waals surface area contributed by atoms with Crippen LogP contribution in [0.5, 0.6) is 17.2 Å². The number of hydrogen-bond donors (Lipinski definition) is 2. The molecule has 3 aromatic carbocycles. The molecule has 0 radical (unpaired) electrons. The van der Waals surface area contributed by atoms with E-state index < -0.39 is 12.0 Å². The summed E-state index contributed by atoms with van der Waals surface area (Å²) in [6.45, 7) is -0.111. The van der Waals surface area contributed by atoms with Crippen LogP contribution in [-0.4, -0.2) is 61.2 Å². The smallest absolute Gasteiger partial charge is 0.261 e. The van der Waals surface area contributed by atoms with Crippen LogP contribution < -0.4 is 19.5 Å². The second-order valence-corrected chi connectivity index (χ2v) is 8.11. The number of benzene rings is 3. The van der Waals surface area contributed by atoms with E-state index in [-0.39, 0.29) is 31.5 Å². The Morgan fingerprint density at radius 1 is 0.917 bits per heavy atom. The summed E-state index contributed by atoms with van der Waals surface area (Å²) in [5.74, 6) is 0.142. The lowest BCUT2D eigenvalue weighted by Crippen LogP contribution is -2.35. The summed E-state index contributed by atoms with van der Waals surface area (Å²) >= 11 is 0. The van der Waals surface area contributed by atoms with Gasteiger partial charge in [-0.15, -0.1) is 0 Å². The Morgan fingerprint density at radius 3 is 2.14 bits per heavy atom. The highest BCUT2D eigenvalue weighted by atomic mass is 16.5. The molecule has 4 rings (SSSR count). The van der Waals surface area contributed by atoms with Crippen molar-refractivity contribution in [1.82, 2.24) is 10.2 Å². The SMILES string of the molecule is COc1cccc(OC)c1OCC(O)CNC(=O)c1cccc(CN2C(=O)c3ccccc3C2=O)c1. The predicted molar refractivity (Wildman–Crippen MR) is 130 cm³/mol. The maximum absolute atomic E-state index is 12.7.